The Morgan fingerprint density at radius 2 is 1.58 bits per heavy atom. The molecule has 3 aromatic rings. The van der Waals surface area contributed by atoms with Crippen LogP contribution in [0.1, 0.15) is 91.4 Å². The van der Waals surface area contributed by atoms with Gasteiger partial charge in [-0.3, -0.25) is 20.0 Å². The van der Waals surface area contributed by atoms with Crippen LogP contribution in [0.15, 0.2) is 41.2 Å². The van der Waals surface area contributed by atoms with Crippen LogP contribution in [0.4, 0.5) is 4.79 Å². The standard InChI is InChI=1S/C38H51N9O6/c1-21-10-27(48)11-22(2)28(21)16-30(43-33(49)29(45-37(51)52)4-3-7-42-36(39)40)34(50)44-31(15-23-5-8-41-9-6-23)35-46-32(47-53-35)20-38-17-24-12-25(18-38)14-26(13-24)19-38/h5-6,8-11,24-26,29-31,45,48H,3-4,7,12-20H2,1-2H3,(H,43,49)(H,44,50)(H,51,52)(H4,39,40,42). The van der Waals surface area contributed by atoms with Crippen molar-refractivity contribution in [3.63, 3.8) is 0 Å². The smallest absolute Gasteiger partial charge is 0.405 e. The summed E-state index contributed by atoms with van der Waals surface area (Å²) in [5.41, 5.74) is 8.63. The highest BCUT2D eigenvalue weighted by atomic mass is 16.5. The lowest BCUT2D eigenvalue weighted by Crippen LogP contribution is -2.55. The highest BCUT2D eigenvalue weighted by molar-refractivity contribution is 5.91. The first-order chi connectivity index (χ1) is 25.3. The van der Waals surface area contributed by atoms with Crippen molar-refractivity contribution in [3.8, 4) is 5.75 Å². The molecule has 284 valence electrons. The third kappa shape index (κ3) is 9.62. The first kappa shape index (κ1) is 37.5. The molecular weight excluding hydrogens is 678 g/mol. The monoisotopic (exact) mass is 729 g/mol. The maximum atomic E-state index is 14.4. The zero-order chi connectivity index (χ0) is 37.7. The molecule has 0 saturated heterocycles. The average molecular weight is 730 g/mol. The SMILES string of the molecule is Cc1cc(O)cc(C)c1CC(NC(=O)C(CCCNC(=N)N)NC(=O)O)C(=O)NC(Cc1ccncc1)c1nc(CC23CC4CC(CC(C4)C2)C3)no1. The summed E-state index contributed by atoms with van der Waals surface area (Å²) in [6.07, 6.45) is 11.1. The number of nitrogens with two attached hydrogens (primary N) is 1. The van der Waals surface area contributed by atoms with Gasteiger partial charge in [0.2, 0.25) is 17.7 Å². The lowest BCUT2D eigenvalue weighted by Gasteiger charge is -2.56. The van der Waals surface area contributed by atoms with Gasteiger partial charge in [0.15, 0.2) is 11.8 Å². The molecule has 4 aliphatic rings. The topological polar surface area (TPSA) is 241 Å². The minimum Gasteiger partial charge on any atom is -0.508 e. The molecule has 53 heavy (non-hydrogen) atoms. The molecule has 4 fully saturated rings. The summed E-state index contributed by atoms with van der Waals surface area (Å²) in [6.45, 7) is 3.87. The molecule has 0 aliphatic heterocycles. The normalized spacial score (nSPS) is 23.1. The van der Waals surface area contributed by atoms with Gasteiger partial charge in [-0.15, -0.1) is 0 Å². The lowest BCUT2D eigenvalue weighted by atomic mass is 9.49. The number of pyridine rings is 1. The maximum absolute atomic E-state index is 14.4. The van der Waals surface area contributed by atoms with Crippen molar-refractivity contribution in [1.82, 2.24) is 36.4 Å². The highest BCUT2D eigenvalue weighted by Gasteiger charge is 2.51. The van der Waals surface area contributed by atoms with Gasteiger partial charge >= 0.3 is 6.09 Å². The lowest BCUT2D eigenvalue weighted by molar-refractivity contribution is -0.130. The molecule has 3 atom stereocenters. The fourth-order valence-corrected chi connectivity index (χ4v) is 9.48. The number of hydrogen-bond donors (Lipinski definition) is 8. The quantitative estimate of drug-likeness (QED) is 0.0602. The van der Waals surface area contributed by atoms with Crippen molar-refractivity contribution in [2.75, 3.05) is 6.54 Å². The van der Waals surface area contributed by atoms with E-state index >= 15 is 0 Å². The third-order valence-electron chi connectivity index (χ3n) is 11.3. The molecule has 3 unspecified atom stereocenters. The molecule has 0 radical (unpaired) electrons. The van der Waals surface area contributed by atoms with Crippen molar-refractivity contribution in [1.29, 1.82) is 5.41 Å². The van der Waals surface area contributed by atoms with E-state index in [9.17, 15) is 24.6 Å². The number of aromatic nitrogens is 3. The van der Waals surface area contributed by atoms with E-state index in [1.165, 1.54) is 38.5 Å². The number of aromatic hydroxyl groups is 1. The summed E-state index contributed by atoms with van der Waals surface area (Å²) in [5, 5.41) is 42.2. The van der Waals surface area contributed by atoms with E-state index in [0.29, 0.717) is 18.7 Å². The van der Waals surface area contributed by atoms with Crippen LogP contribution in [0, 0.1) is 42.4 Å². The van der Waals surface area contributed by atoms with Crippen LogP contribution in [0.25, 0.3) is 0 Å². The number of rotatable bonds is 16. The Morgan fingerprint density at radius 3 is 2.19 bits per heavy atom. The summed E-state index contributed by atoms with van der Waals surface area (Å²) in [4.78, 5) is 48.7. The Balaban J connectivity index is 1.24. The Bertz CT molecular complexity index is 1740. The number of nitrogens with one attached hydrogen (secondary N) is 5. The summed E-state index contributed by atoms with van der Waals surface area (Å²) in [6, 6.07) is 3.79. The van der Waals surface area contributed by atoms with Gasteiger partial charge in [-0.25, -0.2) is 4.79 Å². The summed E-state index contributed by atoms with van der Waals surface area (Å²) in [5.74, 6) is 1.86. The fraction of sp³-hybridized carbons (Fsp3) is 0.553. The Hall–Kier alpha value is -5.21. The third-order valence-corrected chi connectivity index (χ3v) is 11.3. The minimum absolute atomic E-state index is 0.0598. The Kier molecular flexibility index (Phi) is 11.5. The number of guanidine groups is 1. The van der Waals surface area contributed by atoms with Crippen molar-refractivity contribution in [2.45, 2.75) is 103 Å². The second-order valence-corrected chi connectivity index (χ2v) is 15.6. The number of carboxylic acid groups (broad SMARTS) is 1. The predicted molar refractivity (Wildman–Crippen MR) is 195 cm³/mol. The maximum Gasteiger partial charge on any atom is 0.405 e. The number of phenolic OH excluding ortho intramolecular Hbond substituents is 1. The second kappa shape index (κ2) is 16.2. The van der Waals surface area contributed by atoms with Crippen LogP contribution in [0.5, 0.6) is 5.75 Å². The van der Waals surface area contributed by atoms with Gasteiger partial charge in [0, 0.05) is 38.2 Å². The largest absolute Gasteiger partial charge is 0.508 e. The summed E-state index contributed by atoms with van der Waals surface area (Å²) in [7, 11) is 0. The van der Waals surface area contributed by atoms with Crippen LogP contribution >= 0.6 is 0 Å². The number of hydrogen-bond acceptors (Lipinski definition) is 9. The molecule has 4 aliphatic carbocycles. The van der Waals surface area contributed by atoms with Crippen LogP contribution < -0.4 is 27.0 Å². The number of phenols is 1. The summed E-state index contributed by atoms with van der Waals surface area (Å²) < 4.78 is 5.89. The molecule has 2 heterocycles. The number of carbonyl (C=O) groups is 3. The van der Waals surface area contributed by atoms with Crippen molar-refractivity contribution in [3.05, 3.63) is 70.6 Å². The number of carbonyl (C=O) groups excluding carboxylic acids is 2. The summed E-state index contributed by atoms with van der Waals surface area (Å²) >= 11 is 0. The van der Waals surface area contributed by atoms with Gasteiger partial charge in [-0.05, 0) is 135 Å². The molecular formula is C38H51N9O6. The molecule has 9 N–H and O–H groups in total. The van der Waals surface area contributed by atoms with Crippen LogP contribution in [-0.4, -0.2) is 67.8 Å². The molecule has 4 saturated carbocycles. The van der Waals surface area contributed by atoms with E-state index in [0.717, 1.165) is 46.4 Å². The van der Waals surface area contributed by atoms with E-state index in [-0.39, 0.29) is 42.4 Å². The van der Waals surface area contributed by atoms with Crippen molar-refractivity contribution >= 4 is 23.9 Å². The van der Waals surface area contributed by atoms with Crippen molar-refractivity contribution < 1.29 is 29.1 Å². The Labute approximate surface area is 308 Å². The molecule has 15 nitrogen and oxygen atoms in total. The van der Waals surface area contributed by atoms with E-state index in [1.54, 1.807) is 24.5 Å². The molecule has 3 amide bonds. The molecule has 0 spiro atoms. The minimum atomic E-state index is -1.39. The van der Waals surface area contributed by atoms with Crippen LogP contribution in [-0.2, 0) is 28.9 Å². The zero-order valence-electron chi connectivity index (χ0n) is 30.4. The first-order valence-electron chi connectivity index (χ1n) is 18.5. The van der Waals surface area contributed by atoms with Crippen LogP contribution in [0.3, 0.4) is 0 Å². The number of amides is 3. The molecule has 1 aromatic carbocycles. The highest BCUT2D eigenvalue weighted by Crippen LogP contribution is 2.60. The van der Waals surface area contributed by atoms with E-state index in [1.807, 2.05) is 26.0 Å². The van der Waals surface area contributed by atoms with Gasteiger partial charge < -0.3 is 41.7 Å². The van der Waals surface area contributed by atoms with E-state index in [2.05, 4.69) is 31.4 Å². The predicted octanol–water partition coefficient (Wildman–Crippen LogP) is 3.57. The first-order valence-corrected chi connectivity index (χ1v) is 18.5. The molecule has 15 heteroatoms. The number of aryl methyl sites for hydroxylation is 2. The second-order valence-electron chi connectivity index (χ2n) is 15.6. The molecule has 2 aromatic heterocycles. The average Bonchev–Trinajstić information content (AvgIpc) is 3.54. The van der Waals surface area contributed by atoms with Crippen LogP contribution in [0.2, 0.25) is 0 Å². The van der Waals surface area contributed by atoms with Crippen molar-refractivity contribution in [2.24, 2.45) is 28.9 Å². The van der Waals surface area contributed by atoms with Gasteiger partial charge in [-0.1, -0.05) is 5.16 Å². The molecule has 4 bridgehead atoms. The van der Waals surface area contributed by atoms with Gasteiger partial charge in [0.05, 0.1) is 0 Å². The Morgan fingerprint density at radius 1 is 0.962 bits per heavy atom. The van der Waals surface area contributed by atoms with E-state index < -0.39 is 36.0 Å². The fourth-order valence-electron chi connectivity index (χ4n) is 9.48. The molecule has 7 rings (SSSR count). The number of nitrogens with zero attached hydrogens (tertiary/aromatic N) is 3. The number of benzene rings is 1. The zero-order valence-corrected chi connectivity index (χ0v) is 30.4. The van der Waals surface area contributed by atoms with Gasteiger partial charge in [0.1, 0.15) is 23.9 Å². The van der Waals surface area contributed by atoms with Gasteiger partial charge in [0.25, 0.3) is 0 Å². The van der Waals surface area contributed by atoms with E-state index in [4.69, 9.17) is 20.7 Å². The van der Waals surface area contributed by atoms with Gasteiger partial charge in [-0.2, -0.15) is 4.98 Å².